The van der Waals surface area contributed by atoms with Crippen LogP contribution in [0.3, 0.4) is 0 Å². The van der Waals surface area contributed by atoms with Crippen LogP contribution in [-0.4, -0.2) is 38.7 Å². The van der Waals surface area contributed by atoms with Crippen LogP contribution in [0.2, 0.25) is 0 Å². The summed E-state index contributed by atoms with van der Waals surface area (Å²) >= 11 is 0. The van der Waals surface area contributed by atoms with Gasteiger partial charge in [0.25, 0.3) is 0 Å². The Morgan fingerprint density at radius 1 is 1.38 bits per heavy atom. The highest BCUT2D eigenvalue weighted by Crippen LogP contribution is 2.32. The van der Waals surface area contributed by atoms with Crippen LogP contribution in [0.15, 0.2) is 24.3 Å². The standard InChI is InChI=1S/C18H30N2O/c1-18(2,16-8-6-10-19-12-16)14-20(3)13-15-7-5-9-17(11-15)21-4/h5,7,9,11,16,19H,6,8,10,12-14H2,1-4H3. The van der Waals surface area contributed by atoms with Crippen LogP contribution in [0.25, 0.3) is 0 Å². The lowest BCUT2D eigenvalue weighted by Crippen LogP contribution is -2.43. The van der Waals surface area contributed by atoms with Crippen LogP contribution in [0.1, 0.15) is 32.3 Å². The van der Waals surface area contributed by atoms with E-state index in [4.69, 9.17) is 4.74 Å². The Labute approximate surface area is 129 Å². The molecule has 1 aliphatic heterocycles. The van der Waals surface area contributed by atoms with Crippen molar-refractivity contribution in [3.05, 3.63) is 29.8 Å². The number of rotatable bonds is 6. The van der Waals surface area contributed by atoms with Gasteiger partial charge in [0.15, 0.2) is 0 Å². The van der Waals surface area contributed by atoms with E-state index in [2.05, 4.69) is 49.3 Å². The second-order valence-electron chi connectivity index (χ2n) is 7.06. The Balaban J connectivity index is 1.91. The molecule has 3 nitrogen and oxygen atoms in total. The van der Waals surface area contributed by atoms with Gasteiger partial charge in [0, 0.05) is 13.1 Å². The first kappa shape index (κ1) is 16.3. The second kappa shape index (κ2) is 7.28. The molecule has 0 saturated carbocycles. The van der Waals surface area contributed by atoms with Crippen molar-refractivity contribution in [1.82, 2.24) is 10.2 Å². The zero-order valence-corrected chi connectivity index (χ0v) is 14.0. The van der Waals surface area contributed by atoms with Crippen LogP contribution in [0.4, 0.5) is 0 Å². The van der Waals surface area contributed by atoms with E-state index in [-0.39, 0.29) is 0 Å². The maximum atomic E-state index is 5.31. The number of ether oxygens (including phenoxy) is 1. The number of hydrogen-bond acceptors (Lipinski definition) is 3. The minimum Gasteiger partial charge on any atom is -0.497 e. The van der Waals surface area contributed by atoms with E-state index in [9.17, 15) is 0 Å². The molecular formula is C18H30N2O. The van der Waals surface area contributed by atoms with Gasteiger partial charge in [0.2, 0.25) is 0 Å². The molecule has 3 heteroatoms. The Hall–Kier alpha value is -1.06. The van der Waals surface area contributed by atoms with E-state index in [1.54, 1.807) is 7.11 Å². The average Bonchev–Trinajstić information content (AvgIpc) is 2.47. The summed E-state index contributed by atoms with van der Waals surface area (Å²) in [6.45, 7) is 9.27. The predicted octanol–water partition coefficient (Wildman–Crippen LogP) is 3.15. The number of nitrogens with one attached hydrogen (secondary N) is 1. The topological polar surface area (TPSA) is 24.5 Å². The highest BCUT2D eigenvalue weighted by atomic mass is 16.5. The number of benzene rings is 1. The Bertz CT molecular complexity index is 439. The van der Waals surface area contributed by atoms with E-state index in [0.29, 0.717) is 5.41 Å². The molecule has 0 amide bonds. The van der Waals surface area contributed by atoms with E-state index < -0.39 is 0 Å². The van der Waals surface area contributed by atoms with Crippen molar-refractivity contribution in [2.24, 2.45) is 11.3 Å². The van der Waals surface area contributed by atoms with Crippen LogP contribution < -0.4 is 10.1 Å². The summed E-state index contributed by atoms with van der Waals surface area (Å²) in [5, 5.41) is 3.54. The van der Waals surface area contributed by atoms with E-state index in [1.807, 2.05) is 6.07 Å². The summed E-state index contributed by atoms with van der Waals surface area (Å²) in [5.41, 5.74) is 1.66. The highest BCUT2D eigenvalue weighted by molar-refractivity contribution is 5.28. The van der Waals surface area contributed by atoms with Gasteiger partial charge in [0.05, 0.1) is 7.11 Å². The summed E-state index contributed by atoms with van der Waals surface area (Å²) in [7, 11) is 3.94. The maximum absolute atomic E-state index is 5.31. The Kier molecular flexibility index (Phi) is 5.65. The Morgan fingerprint density at radius 3 is 2.86 bits per heavy atom. The number of nitrogens with zero attached hydrogens (tertiary/aromatic N) is 1. The molecule has 1 atom stereocenters. The smallest absolute Gasteiger partial charge is 0.119 e. The fraction of sp³-hybridized carbons (Fsp3) is 0.667. The van der Waals surface area contributed by atoms with E-state index in [1.165, 1.54) is 31.5 Å². The van der Waals surface area contributed by atoms with Crippen LogP contribution in [0.5, 0.6) is 5.75 Å². The molecule has 1 heterocycles. The van der Waals surface area contributed by atoms with Gasteiger partial charge in [0.1, 0.15) is 5.75 Å². The van der Waals surface area contributed by atoms with Crippen LogP contribution >= 0.6 is 0 Å². The summed E-state index contributed by atoms with van der Waals surface area (Å²) in [4.78, 5) is 2.43. The molecule has 0 spiro atoms. The first-order valence-corrected chi connectivity index (χ1v) is 8.03. The molecule has 1 saturated heterocycles. The molecule has 0 aromatic heterocycles. The fourth-order valence-corrected chi connectivity index (χ4v) is 3.48. The van der Waals surface area contributed by atoms with Gasteiger partial charge in [-0.15, -0.1) is 0 Å². The molecule has 1 fully saturated rings. The third kappa shape index (κ3) is 4.72. The van der Waals surface area contributed by atoms with E-state index >= 15 is 0 Å². The quantitative estimate of drug-likeness (QED) is 0.871. The number of methoxy groups -OCH3 is 1. The van der Waals surface area contributed by atoms with Crippen molar-refractivity contribution >= 4 is 0 Å². The first-order chi connectivity index (χ1) is 10.0. The van der Waals surface area contributed by atoms with Crippen molar-refractivity contribution < 1.29 is 4.74 Å². The van der Waals surface area contributed by atoms with Crippen LogP contribution in [0, 0.1) is 11.3 Å². The molecule has 21 heavy (non-hydrogen) atoms. The van der Waals surface area contributed by atoms with Gasteiger partial charge in [-0.1, -0.05) is 26.0 Å². The average molecular weight is 290 g/mol. The van der Waals surface area contributed by atoms with Crippen molar-refractivity contribution in [2.75, 3.05) is 33.8 Å². The van der Waals surface area contributed by atoms with Crippen molar-refractivity contribution in [3.8, 4) is 5.75 Å². The maximum Gasteiger partial charge on any atom is 0.119 e. The van der Waals surface area contributed by atoms with Crippen molar-refractivity contribution in [3.63, 3.8) is 0 Å². The van der Waals surface area contributed by atoms with Gasteiger partial charge in [-0.2, -0.15) is 0 Å². The lowest BCUT2D eigenvalue weighted by Gasteiger charge is -2.40. The van der Waals surface area contributed by atoms with Gasteiger partial charge in [-0.05, 0) is 62.0 Å². The minimum atomic E-state index is 0.348. The molecule has 1 N–H and O–H groups in total. The first-order valence-electron chi connectivity index (χ1n) is 8.03. The monoisotopic (exact) mass is 290 g/mol. The third-order valence-electron chi connectivity index (χ3n) is 4.67. The predicted molar refractivity (Wildman–Crippen MR) is 88.7 cm³/mol. The zero-order chi connectivity index (χ0) is 15.3. The normalized spacial score (nSPS) is 19.8. The molecule has 0 aliphatic carbocycles. The van der Waals surface area contributed by atoms with E-state index in [0.717, 1.165) is 24.8 Å². The van der Waals surface area contributed by atoms with Crippen molar-refractivity contribution in [2.45, 2.75) is 33.2 Å². The van der Waals surface area contributed by atoms with Gasteiger partial charge >= 0.3 is 0 Å². The lowest BCUT2D eigenvalue weighted by molar-refractivity contribution is 0.111. The molecule has 118 valence electrons. The molecule has 0 bridgehead atoms. The highest BCUT2D eigenvalue weighted by Gasteiger charge is 2.31. The lowest BCUT2D eigenvalue weighted by atomic mass is 9.74. The summed E-state index contributed by atoms with van der Waals surface area (Å²) in [6, 6.07) is 8.37. The van der Waals surface area contributed by atoms with Gasteiger partial charge in [-0.3, -0.25) is 0 Å². The van der Waals surface area contributed by atoms with Gasteiger partial charge in [-0.25, -0.2) is 0 Å². The van der Waals surface area contributed by atoms with Gasteiger partial charge < -0.3 is 15.0 Å². The number of hydrogen-bond donors (Lipinski definition) is 1. The number of piperidine rings is 1. The van der Waals surface area contributed by atoms with Crippen LogP contribution in [-0.2, 0) is 6.54 Å². The molecular weight excluding hydrogens is 260 g/mol. The largest absolute Gasteiger partial charge is 0.497 e. The van der Waals surface area contributed by atoms with Crippen molar-refractivity contribution in [1.29, 1.82) is 0 Å². The minimum absolute atomic E-state index is 0.348. The molecule has 1 aromatic rings. The molecule has 1 aromatic carbocycles. The summed E-state index contributed by atoms with van der Waals surface area (Å²) < 4.78 is 5.31. The molecule has 1 aliphatic rings. The Morgan fingerprint density at radius 2 is 2.19 bits per heavy atom. The molecule has 1 unspecified atom stereocenters. The second-order valence-corrected chi connectivity index (χ2v) is 7.06. The molecule has 2 rings (SSSR count). The SMILES string of the molecule is COc1cccc(CN(C)CC(C)(C)C2CCCNC2)c1. The summed E-state index contributed by atoms with van der Waals surface area (Å²) in [6.07, 6.45) is 2.67. The third-order valence-corrected chi connectivity index (χ3v) is 4.67. The molecule has 0 radical (unpaired) electrons. The zero-order valence-electron chi connectivity index (χ0n) is 14.0. The summed E-state index contributed by atoms with van der Waals surface area (Å²) in [5.74, 6) is 1.72. The fourth-order valence-electron chi connectivity index (χ4n) is 3.48.